The number of amides is 1. The van der Waals surface area contributed by atoms with E-state index in [1.54, 1.807) is 0 Å². The van der Waals surface area contributed by atoms with Crippen LogP contribution in [0, 0.1) is 12.5 Å². The van der Waals surface area contributed by atoms with Gasteiger partial charge in [0.1, 0.15) is 0 Å². The van der Waals surface area contributed by atoms with E-state index >= 15 is 0 Å². The third-order valence-electron chi connectivity index (χ3n) is 6.62. The van der Waals surface area contributed by atoms with E-state index in [0.717, 1.165) is 64.6 Å². The number of carbonyl (C=O) groups is 1. The molecule has 1 aromatic rings. The Morgan fingerprint density at radius 1 is 0.889 bits per heavy atom. The second-order valence-electron chi connectivity index (χ2n) is 8.19. The van der Waals surface area contributed by atoms with E-state index in [0.29, 0.717) is 11.6 Å². The summed E-state index contributed by atoms with van der Waals surface area (Å²) in [7, 11) is 0. The molecule has 5 heteroatoms. The van der Waals surface area contributed by atoms with Gasteiger partial charge in [0.15, 0.2) is 5.69 Å². The van der Waals surface area contributed by atoms with Gasteiger partial charge in [0.05, 0.1) is 6.57 Å². The van der Waals surface area contributed by atoms with Gasteiger partial charge in [0.2, 0.25) is 5.91 Å². The molecule has 0 N–H and O–H groups in total. The average Bonchev–Trinajstić information content (AvgIpc) is 2.92. The van der Waals surface area contributed by atoms with Crippen molar-refractivity contribution in [3.63, 3.8) is 0 Å². The second-order valence-corrected chi connectivity index (χ2v) is 8.19. The van der Waals surface area contributed by atoms with Crippen LogP contribution in [-0.4, -0.2) is 61.0 Å². The topological polar surface area (TPSA) is 31.2 Å². The summed E-state index contributed by atoms with van der Waals surface area (Å²) in [6.45, 7) is 13.0. The molecule has 0 spiro atoms. The highest BCUT2D eigenvalue weighted by molar-refractivity contribution is 5.79. The smallest absolute Gasteiger partial charge is 0.225 e. The van der Waals surface area contributed by atoms with Crippen LogP contribution in [0.5, 0.6) is 0 Å². The molecule has 0 radical (unpaired) electrons. The molecule has 5 nitrogen and oxygen atoms in total. The fraction of sp³-hybridized carbons (Fsp3) is 0.636. The van der Waals surface area contributed by atoms with Crippen LogP contribution < -0.4 is 4.90 Å². The zero-order chi connectivity index (χ0) is 18.6. The number of hydrogen-bond donors (Lipinski definition) is 0. The van der Waals surface area contributed by atoms with Gasteiger partial charge in [-0.05, 0) is 44.2 Å². The summed E-state index contributed by atoms with van der Waals surface area (Å²) in [6.07, 6.45) is 7.07. The molecule has 144 valence electrons. The average molecular weight is 367 g/mol. The van der Waals surface area contributed by atoms with E-state index in [4.69, 9.17) is 6.57 Å². The predicted octanol–water partition coefficient (Wildman–Crippen LogP) is 3.54. The predicted molar refractivity (Wildman–Crippen MR) is 108 cm³/mol. The van der Waals surface area contributed by atoms with Crippen molar-refractivity contribution in [3.8, 4) is 0 Å². The fourth-order valence-corrected chi connectivity index (χ4v) is 4.66. The van der Waals surface area contributed by atoms with Crippen LogP contribution in [0.3, 0.4) is 0 Å². The maximum absolute atomic E-state index is 13.0. The summed E-state index contributed by atoms with van der Waals surface area (Å²) in [5, 5.41) is 0. The Kier molecular flexibility index (Phi) is 5.63. The van der Waals surface area contributed by atoms with Gasteiger partial charge in [-0.1, -0.05) is 18.6 Å². The van der Waals surface area contributed by atoms with Crippen molar-refractivity contribution < 1.29 is 4.79 Å². The molecule has 3 fully saturated rings. The molecular weight excluding hydrogens is 336 g/mol. The fourth-order valence-electron chi connectivity index (χ4n) is 4.66. The van der Waals surface area contributed by atoms with Crippen LogP contribution in [-0.2, 0) is 4.79 Å². The molecule has 2 saturated heterocycles. The highest BCUT2D eigenvalue weighted by atomic mass is 16.2. The lowest BCUT2D eigenvalue weighted by Crippen LogP contribution is -2.45. The van der Waals surface area contributed by atoms with Gasteiger partial charge in [0.25, 0.3) is 0 Å². The van der Waals surface area contributed by atoms with Crippen molar-refractivity contribution in [2.24, 2.45) is 5.92 Å². The van der Waals surface area contributed by atoms with E-state index < -0.39 is 0 Å². The van der Waals surface area contributed by atoms with Crippen molar-refractivity contribution in [2.45, 2.75) is 44.6 Å². The van der Waals surface area contributed by atoms with Crippen molar-refractivity contribution >= 4 is 17.3 Å². The van der Waals surface area contributed by atoms with Crippen LogP contribution in [0.25, 0.3) is 4.85 Å². The zero-order valence-corrected chi connectivity index (χ0v) is 16.1. The Labute approximate surface area is 162 Å². The molecule has 0 unspecified atom stereocenters. The van der Waals surface area contributed by atoms with Gasteiger partial charge >= 0.3 is 0 Å². The van der Waals surface area contributed by atoms with Crippen molar-refractivity contribution in [3.05, 3.63) is 35.7 Å². The molecule has 0 atom stereocenters. The minimum absolute atomic E-state index is 0.180. The Hall–Kier alpha value is -2.06. The number of rotatable bonds is 3. The first-order valence-electron chi connectivity index (χ1n) is 10.5. The largest absolute Gasteiger partial charge is 0.372 e. The summed E-state index contributed by atoms with van der Waals surface area (Å²) in [4.78, 5) is 23.6. The maximum Gasteiger partial charge on any atom is 0.225 e. The standard InChI is InChI=1S/C22H30N4O/c1-23-19-6-8-21(9-7-19)25-14-10-18(11-15-25)22(27)26-13-3-12-24(16-17-26)20-4-2-5-20/h6-9,18,20H,2-5,10-17H2. The zero-order valence-electron chi connectivity index (χ0n) is 16.1. The summed E-state index contributed by atoms with van der Waals surface area (Å²) >= 11 is 0. The molecule has 1 amide bonds. The summed E-state index contributed by atoms with van der Waals surface area (Å²) in [5.74, 6) is 0.562. The van der Waals surface area contributed by atoms with Crippen LogP contribution in [0.1, 0.15) is 38.5 Å². The second kappa shape index (κ2) is 8.31. The molecule has 27 heavy (non-hydrogen) atoms. The third-order valence-corrected chi connectivity index (χ3v) is 6.62. The Balaban J connectivity index is 1.28. The Morgan fingerprint density at radius 2 is 1.63 bits per heavy atom. The first-order valence-corrected chi connectivity index (χ1v) is 10.5. The highest BCUT2D eigenvalue weighted by Crippen LogP contribution is 2.28. The van der Waals surface area contributed by atoms with Crippen molar-refractivity contribution in [2.75, 3.05) is 44.2 Å². The van der Waals surface area contributed by atoms with Crippen molar-refractivity contribution in [1.29, 1.82) is 0 Å². The van der Waals surface area contributed by atoms with E-state index in [2.05, 4.69) is 19.5 Å². The lowest BCUT2D eigenvalue weighted by atomic mass is 9.91. The number of benzene rings is 1. The normalized spacial score (nSPS) is 22.8. The summed E-state index contributed by atoms with van der Waals surface area (Å²) in [5.41, 5.74) is 1.85. The van der Waals surface area contributed by atoms with E-state index in [1.165, 1.54) is 24.9 Å². The van der Waals surface area contributed by atoms with Gasteiger partial charge in [-0.3, -0.25) is 9.69 Å². The van der Waals surface area contributed by atoms with Gasteiger partial charge in [0, 0.05) is 56.9 Å². The van der Waals surface area contributed by atoms with E-state index in [9.17, 15) is 4.79 Å². The molecule has 3 aliphatic rings. The van der Waals surface area contributed by atoms with Crippen LogP contribution in [0.15, 0.2) is 24.3 Å². The molecule has 2 heterocycles. The number of anilines is 1. The lowest BCUT2D eigenvalue weighted by molar-refractivity contribution is -0.136. The first-order chi connectivity index (χ1) is 13.2. The van der Waals surface area contributed by atoms with Gasteiger partial charge in [-0.25, -0.2) is 4.85 Å². The highest BCUT2D eigenvalue weighted by Gasteiger charge is 2.31. The molecule has 1 saturated carbocycles. The Bertz CT molecular complexity index is 683. The van der Waals surface area contributed by atoms with Crippen LogP contribution in [0.2, 0.25) is 0 Å². The molecule has 0 bridgehead atoms. The number of piperidine rings is 1. The molecular formula is C22H30N4O. The van der Waals surface area contributed by atoms with E-state index in [-0.39, 0.29) is 5.92 Å². The van der Waals surface area contributed by atoms with Gasteiger partial charge < -0.3 is 9.80 Å². The van der Waals surface area contributed by atoms with Gasteiger partial charge in [-0.2, -0.15) is 0 Å². The molecule has 2 aliphatic heterocycles. The number of carbonyl (C=O) groups excluding carboxylic acids is 1. The minimum Gasteiger partial charge on any atom is -0.372 e. The van der Waals surface area contributed by atoms with Crippen LogP contribution in [0.4, 0.5) is 11.4 Å². The first kappa shape index (κ1) is 18.3. The summed E-state index contributed by atoms with van der Waals surface area (Å²) < 4.78 is 0. The molecule has 1 aliphatic carbocycles. The SMILES string of the molecule is [C-]#[N+]c1ccc(N2CCC(C(=O)N3CCCN(C4CCC4)CC3)CC2)cc1. The monoisotopic (exact) mass is 366 g/mol. The quantitative estimate of drug-likeness (QED) is 0.767. The molecule has 0 aromatic heterocycles. The third kappa shape index (κ3) is 4.11. The van der Waals surface area contributed by atoms with Gasteiger partial charge in [-0.15, -0.1) is 0 Å². The number of nitrogens with zero attached hydrogens (tertiary/aromatic N) is 4. The van der Waals surface area contributed by atoms with Crippen molar-refractivity contribution in [1.82, 2.24) is 9.80 Å². The Morgan fingerprint density at radius 3 is 2.26 bits per heavy atom. The summed E-state index contributed by atoms with van der Waals surface area (Å²) in [6, 6.07) is 8.60. The molecule has 1 aromatic carbocycles. The number of hydrogen-bond acceptors (Lipinski definition) is 3. The van der Waals surface area contributed by atoms with E-state index in [1.807, 2.05) is 24.3 Å². The molecule has 4 rings (SSSR count). The maximum atomic E-state index is 13.0. The lowest BCUT2D eigenvalue weighted by Gasteiger charge is -2.37. The minimum atomic E-state index is 0.180. The van der Waals surface area contributed by atoms with Crippen LogP contribution >= 0.6 is 0 Å².